The van der Waals surface area contributed by atoms with Gasteiger partial charge in [0.15, 0.2) is 0 Å². The van der Waals surface area contributed by atoms with Crippen LogP contribution in [0.1, 0.15) is 99.3 Å². The van der Waals surface area contributed by atoms with E-state index in [-0.39, 0.29) is 34.3 Å². The van der Waals surface area contributed by atoms with Gasteiger partial charge in [-0.25, -0.2) is 4.79 Å². The maximum absolute atomic E-state index is 14.2. The number of hydrogen-bond donors (Lipinski definition) is 1. The van der Waals surface area contributed by atoms with Crippen LogP contribution in [-0.4, -0.2) is 53.1 Å². The Morgan fingerprint density at radius 1 is 1.07 bits per heavy atom. The van der Waals surface area contributed by atoms with E-state index in [1.54, 1.807) is 6.20 Å². The number of amides is 1. The van der Waals surface area contributed by atoms with Crippen molar-refractivity contribution in [1.29, 1.82) is 0 Å². The fourth-order valence-corrected chi connectivity index (χ4v) is 6.62. The quantitative estimate of drug-likeness (QED) is 0.345. The largest absolute Gasteiger partial charge is 0.490 e. The Hall–Kier alpha value is -2.89. The summed E-state index contributed by atoms with van der Waals surface area (Å²) in [5.74, 6) is 6.82. The first-order valence-electron chi connectivity index (χ1n) is 14.9. The number of hydrogen-bond acceptors (Lipinski definition) is 6. The van der Waals surface area contributed by atoms with Gasteiger partial charge in [0.05, 0.1) is 22.4 Å². The minimum absolute atomic E-state index is 0.0444. The van der Waals surface area contributed by atoms with Crippen LogP contribution in [0.15, 0.2) is 24.4 Å². The molecular formula is C33H45N3O4S. The Kier molecular flexibility index (Phi) is 10.1. The lowest BCUT2D eigenvalue weighted by Gasteiger charge is -2.39. The van der Waals surface area contributed by atoms with Crippen molar-refractivity contribution in [3.05, 3.63) is 39.8 Å². The molecule has 1 amide bonds. The van der Waals surface area contributed by atoms with Crippen molar-refractivity contribution in [2.24, 2.45) is 17.3 Å². The number of carboxylic acids is 1. The Morgan fingerprint density at radius 3 is 2.37 bits per heavy atom. The van der Waals surface area contributed by atoms with Crippen LogP contribution in [0.3, 0.4) is 0 Å². The first-order chi connectivity index (χ1) is 19.4. The Morgan fingerprint density at radius 2 is 1.76 bits per heavy atom. The predicted molar refractivity (Wildman–Crippen MR) is 165 cm³/mol. The number of pyridine rings is 1. The van der Waals surface area contributed by atoms with E-state index in [0.717, 1.165) is 69.4 Å². The predicted octanol–water partition coefficient (Wildman–Crippen LogP) is 6.85. The summed E-state index contributed by atoms with van der Waals surface area (Å²) in [7, 11) is 4.03. The SMILES string of the molecule is CC1CCC(C(=O)N(c2cc(C#CC(C)(C)C)sc2C(=O)O)C2CCC(Oc3ccnc(CN(C)C)c3)CC2)CC1. The van der Waals surface area contributed by atoms with E-state index < -0.39 is 5.97 Å². The molecule has 0 spiro atoms. The summed E-state index contributed by atoms with van der Waals surface area (Å²) in [6.07, 6.45) is 8.72. The van der Waals surface area contributed by atoms with Gasteiger partial charge < -0.3 is 19.6 Å². The summed E-state index contributed by atoms with van der Waals surface area (Å²) < 4.78 is 6.36. The number of carbonyl (C=O) groups is 2. The van der Waals surface area contributed by atoms with E-state index in [4.69, 9.17) is 4.74 Å². The second-order valence-corrected chi connectivity index (χ2v) is 14.1. The monoisotopic (exact) mass is 579 g/mol. The number of aromatic carboxylic acids is 1. The minimum atomic E-state index is -1.01. The molecule has 2 aliphatic carbocycles. The number of nitrogens with zero attached hydrogens (tertiary/aromatic N) is 3. The minimum Gasteiger partial charge on any atom is -0.490 e. The van der Waals surface area contributed by atoms with E-state index >= 15 is 0 Å². The lowest BCUT2D eigenvalue weighted by Crippen LogP contribution is -2.47. The lowest BCUT2D eigenvalue weighted by molar-refractivity contribution is -0.124. The van der Waals surface area contributed by atoms with Gasteiger partial charge in [-0.05, 0) is 104 Å². The Balaban J connectivity index is 1.57. The van der Waals surface area contributed by atoms with Gasteiger partial charge in [-0.1, -0.05) is 18.8 Å². The average Bonchev–Trinajstić information content (AvgIpc) is 3.33. The molecule has 2 saturated carbocycles. The number of anilines is 1. The van der Waals surface area contributed by atoms with Crippen LogP contribution < -0.4 is 9.64 Å². The number of carboxylic acid groups (broad SMARTS) is 1. The van der Waals surface area contributed by atoms with Gasteiger partial charge in [0.2, 0.25) is 5.91 Å². The van der Waals surface area contributed by atoms with Crippen molar-refractivity contribution in [3.8, 4) is 17.6 Å². The van der Waals surface area contributed by atoms with Crippen molar-refractivity contribution in [3.63, 3.8) is 0 Å². The molecule has 2 aromatic heterocycles. The van der Waals surface area contributed by atoms with Crippen LogP contribution in [0.5, 0.6) is 5.75 Å². The maximum atomic E-state index is 14.2. The smallest absolute Gasteiger partial charge is 0.348 e. The summed E-state index contributed by atoms with van der Waals surface area (Å²) in [4.78, 5) is 35.8. The molecule has 0 aliphatic heterocycles. The van der Waals surface area contributed by atoms with Gasteiger partial charge in [0.25, 0.3) is 0 Å². The van der Waals surface area contributed by atoms with Crippen molar-refractivity contribution in [1.82, 2.24) is 9.88 Å². The van der Waals surface area contributed by atoms with E-state index in [2.05, 4.69) is 28.6 Å². The van der Waals surface area contributed by atoms with Crippen molar-refractivity contribution in [2.75, 3.05) is 19.0 Å². The topological polar surface area (TPSA) is 83.0 Å². The number of rotatable bonds is 8. The second kappa shape index (κ2) is 13.4. The summed E-state index contributed by atoms with van der Waals surface area (Å²) in [6.45, 7) is 9.08. The highest BCUT2D eigenvalue weighted by Crippen LogP contribution is 2.39. The van der Waals surface area contributed by atoms with Crippen molar-refractivity contribution < 1.29 is 19.4 Å². The molecule has 1 N–H and O–H groups in total. The molecule has 7 nitrogen and oxygen atoms in total. The molecule has 2 heterocycles. The molecule has 0 unspecified atom stereocenters. The summed E-state index contributed by atoms with van der Waals surface area (Å²) in [5.41, 5.74) is 1.27. The Bertz CT molecular complexity index is 1270. The zero-order chi connectivity index (χ0) is 29.7. The fraction of sp³-hybridized carbons (Fsp3) is 0.606. The lowest BCUT2D eigenvalue weighted by atomic mass is 9.81. The molecule has 0 radical (unpaired) electrons. The Labute approximate surface area is 249 Å². The van der Waals surface area contributed by atoms with Crippen molar-refractivity contribution >= 4 is 28.9 Å². The number of thiophene rings is 1. The third-order valence-corrected chi connectivity index (χ3v) is 8.94. The fourth-order valence-electron chi connectivity index (χ4n) is 5.78. The zero-order valence-corrected chi connectivity index (χ0v) is 26.2. The first-order valence-corrected chi connectivity index (χ1v) is 15.7. The van der Waals surface area contributed by atoms with Crippen LogP contribution in [0.2, 0.25) is 0 Å². The molecule has 0 bridgehead atoms. The standard InChI is InChI=1S/C33H45N3O4S/c1-22-7-9-23(10-8-22)31(37)36(29-20-28(15-17-33(2,3)4)41-30(29)32(38)39)25-11-13-26(14-12-25)40-27-16-18-34-24(19-27)21-35(5)6/h16,18-20,22-23,25-26H,7-14,21H2,1-6H3,(H,38,39). The molecule has 2 aromatic rings. The van der Waals surface area contributed by atoms with Gasteiger partial charge in [-0.2, -0.15) is 0 Å². The van der Waals surface area contributed by atoms with Crippen molar-refractivity contribution in [2.45, 2.75) is 97.8 Å². The van der Waals surface area contributed by atoms with Crippen LogP contribution in [0, 0.1) is 29.1 Å². The van der Waals surface area contributed by atoms with Crippen LogP contribution in [0.4, 0.5) is 5.69 Å². The summed E-state index contributed by atoms with van der Waals surface area (Å²) >= 11 is 1.17. The molecule has 8 heteroatoms. The third kappa shape index (κ3) is 8.56. The highest BCUT2D eigenvalue weighted by atomic mass is 32.1. The van der Waals surface area contributed by atoms with Gasteiger partial charge >= 0.3 is 5.97 Å². The van der Waals surface area contributed by atoms with E-state index in [1.807, 2.05) is 58.0 Å². The highest BCUT2D eigenvalue weighted by Gasteiger charge is 2.37. The van der Waals surface area contributed by atoms with Crippen LogP contribution in [0.25, 0.3) is 0 Å². The van der Waals surface area contributed by atoms with E-state index in [0.29, 0.717) is 16.5 Å². The maximum Gasteiger partial charge on any atom is 0.348 e. The van der Waals surface area contributed by atoms with E-state index in [9.17, 15) is 14.7 Å². The summed E-state index contributed by atoms with van der Waals surface area (Å²) in [6, 6.07) is 5.66. The molecular weight excluding hydrogens is 534 g/mol. The highest BCUT2D eigenvalue weighted by molar-refractivity contribution is 7.15. The molecule has 2 aliphatic rings. The molecule has 0 saturated heterocycles. The van der Waals surface area contributed by atoms with Crippen LogP contribution in [-0.2, 0) is 11.3 Å². The van der Waals surface area contributed by atoms with Crippen LogP contribution >= 0.6 is 11.3 Å². The van der Waals surface area contributed by atoms with Gasteiger partial charge in [0, 0.05) is 36.2 Å². The molecule has 0 atom stereocenters. The molecule has 41 heavy (non-hydrogen) atoms. The molecule has 0 aromatic carbocycles. The molecule has 2 fully saturated rings. The van der Waals surface area contributed by atoms with Gasteiger partial charge in [0.1, 0.15) is 10.6 Å². The number of ether oxygens (including phenoxy) is 1. The number of aromatic nitrogens is 1. The first kappa shape index (κ1) is 31.1. The van der Waals surface area contributed by atoms with Gasteiger partial charge in [-0.3, -0.25) is 9.78 Å². The number of carbonyl (C=O) groups excluding carboxylic acids is 1. The zero-order valence-electron chi connectivity index (χ0n) is 25.4. The third-order valence-electron chi connectivity index (χ3n) is 7.91. The van der Waals surface area contributed by atoms with E-state index in [1.165, 1.54) is 11.3 Å². The molecule has 222 valence electrons. The normalized spacial score (nSPS) is 23.0. The molecule has 4 rings (SSSR count). The summed E-state index contributed by atoms with van der Waals surface area (Å²) in [5, 5.41) is 10.2. The van der Waals surface area contributed by atoms with Gasteiger partial charge in [-0.15, -0.1) is 11.3 Å². The average molecular weight is 580 g/mol. The second-order valence-electron chi connectivity index (χ2n) is 13.1.